The number of nitrogens with zero attached hydrogens (tertiary/aromatic N) is 1. The van der Waals surface area contributed by atoms with Crippen LogP contribution in [0.5, 0.6) is 5.75 Å². The Labute approximate surface area is 410 Å². The van der Waals surface area contributed by atoms with Gasteiger partial charge in [-0.1, -0.05) is 26.0 Å². The summed E-state index contributed by atoms with van der Waals surface area (Å²) in [6.07, 6.45) is 3.09. The molecule has 0 saturated carbocycles. The molecule has 0 aliphatic heterocycles. The second kappa shape index (κ2) is 31.7. The van der Waals surface area contributed by atoms with Crippen molar-refractivity contribution in [2.45, 2.75) is 127 Å². The second-order valence-electron chi connectivity index (χ2n) is 17.0. The van der Waals surface area contributed by atoms with Crippen LogP contribution in [0.3, 0.4) is 0 Å². The second-order valence-corrected chi connectivity index (χ2v) is 17.0. The zero-order chi connectivity index (χ0) is 53.0. The van der Waals surface area contributed by atoms with Gasteiger partial charge in [0.05, 0.1) is 25.0 Å². The van der Waals surface area contributed by atoms with E-state index in [9.17, 15) is 58.5 Å². The smallest absolute Gasteiger partial charge is 0.326 e. The molecule has 0 radical (unpaired) electrons. The van der Waals surface area contributed by atoms with E-state index in [2.05, 4.69) is 52.5 Å². The molecule has 0 bridgehead atoms. The molecular formula is C44H71N15O12. The number of nitrogens with two attached hydrogens (primary N) is 4. The molecule has 27 nitrogen and oxygen atoms in total. The van der Waals surface area contributed by atoms with Gasteiger partial charge in [-0.2, -0.15) is 0 Å². The van der Waals surface area contributed by atoms with Crippen molar-refractivity contribution in [2.75, 3.05) is 26.2 Å². The number of unbranched alkanes of at least 4 members (excludes halogenated alkanes) is 2. The largest absolute Gasteiger partial charge is 0.508 e. The normalized spacial score (nSPS) is 13.9. The van der Waals surface area contributed by atoms with Gasteiger partial charge in [0.1, 0.15) is 48.0 Å². The Balaban J connectivity index is 2.41. The van der Waals surface area contributed by atoms with Crippen molar-refractivity contribution < 1.29 is 58.5 Å². The number of phenols is 1. The minimum absolute atomic E-state index is 0.0470. The summed E-state index contributed by atoms with van der Waals surface area (Å²) in [6, 6.07) is -4.46. The van der Waals surface area contributed by atoms with Crippen LogP contribution in [0.25, 0.3) is 0 Å². The van der Waals surface area contributed by atoms with Gasteiger partial charge < -0.3 is 85.8 Å². The number of hydrogen-bond acceptors (Lipinski definition) is 15. The van der Waals surface area contributed by atoms with Crippen LogP contribution in [0.15, 0.2) is 36.8 Å². The molecule has 1 aromatic heterocycles. The van der Waals surface area contributed by atoms with Crippen LogP contribution in [-0.4, -0.2) is 153 Å². The number of rotatable bonds is 34. The van der Waals surface area contributed by atoms with Crippen molar-refractivity contribution in [3.05, 3.63) is 48.0 Å². The highest BCUT2D eigenvalue weighted by Crippen LogP contribution is 2.14. The third kappa shape index (κ3) is 22.7. The Morgan fingerprint density at radius 3 is 1.58 bits per heavy atom. The molecule has 1 aromatic carbocycles. The molecular weight excluding hydrogens is 931 g/mol. The highest BCUT2D eigenvalue weighted by molar-refractivity contribution is 5.98. The summed E-state index contributed by atoms with van der Waals surface area (Å²) in [6.45, 7) is 3.18. The maximum absolute atomic E-state index is 14.2. The van der Waals surface area contributed by atoms with Crippen LogP contribution < -0.4 is 65.5 Å². The maximum atomic E-state index is 14.2. The zero-order valence-electron chi connectivity index (χ0n) is 40.0. The summed E-state index contributed by atoms with van der Waals surface area (Å²) in [5, 5.41) is 56.9. The molecule has 7 atom stereocenters. The lowest BCUT2D eigenvalue weighted by atomic mass is 10.0. The number of imidazole rings is 1. The molecule has 71 heavy (non-hydrogen) atoms. The van der Waals surface area contributed by atoms with Crippen LogP contribution in [0, 0.1) is 11.3 Å². The van der Waals surface area contributed by atoms with Gasteiger partial charge in [0, 0.05) is 25.6 Å². The number of hydrogen-bond donors (Lipinski definition) is 17. The van der Waals surface area contributed by atoms with Crippen LogP contribution in [0.4, 0.5) is 0 Å². The number of aromatic amines is 1. The first-order chi connectivity index (χ1) is 33.7. The van der Waals surface area contributed by atoms with Crippen LogP contribution in [-0.2, 0) is 56.0 Å². The molecule has 2 aromatic rings. The Bertz CT molecular complexity index is 2070. The van der Waals surface area contributed by atoms with E-state index in [1.165, 1.54) is 50.6 Å². The van der Waals surface area contributed by atoms with Gasteiger partial charge in [-0.3, -0.25) is 43.8 Å². The Morgan fingerprint density at radius 1 is 0.634 bits per heavy atom. The summed E-state index contributed by atoms with van der Waals surface area (Å²) >= 11 is 0. The van der Waals surface area contributed by atoms with Crippen LogP contribution in [0.1, 0.15) is 82.9 Å². The first-order valence-corrected chi connectivity index (χ1v) is 23.2. The van der Waals surface area contributed by atoms with Gasteiger partial charge in [-0.05, 0) is 88.1 Å². The number of guanidine groups is 1. The molecule has 0 spiro atoms. The fraction of sp³-hybridized carbons (Fsp3) is 0.568. The fourth-order valence-electron chi connectivity index (χ4n) is 6.99. The Kier molecular flexibility index (Phi) is 26.7. The number of amides is 7. The van der Waals surface area contributed by atoms with E-state index in [4.69, 9.17) is 28.3 Å². The number of aliphatic carboxylic acids is 2. The summed E-state index contributed by atoms with van der Waals surface area (Å²) in [7, 11) is 0. The zero-order valence-corrected chi connectivity index (χ0v) is 40.0. The lowest BCUT2D eigenvalue weighted by Crippen LogP contribution is -2.60. The van der Waals surface area contributed by atoms with Crippen molar-refractivity contribution in [3.8, 4) is 5.75 Å². The van der Waals surface area contributed by atoms with E-state index in [1.54, 1.807) is 0 Å². The summed E-state index contributed by atoms with van der Waals surface area (Å²) in [4.78, 5) is 127. The lowest BCUT2D eigenvalue weighted by molar-refractivity contribution is -0.143. The Morgan fingerprint density at radius 2 is 1.13 bits per heavy atom. The van der Waals surface area contributed by atoms with Crippen LogP contribution >= 0.6 is 0 Å². The number of carboxylic acids is 2. The number of carboxylic acid groups (broad SMARTS) is 2. The fourth-order valence-corrected chi connectivity index (χ4v) is 6.99. The van der Waals surface area contributed by atoms with Crippen molar-refractivity contribution in [1.29, 1.82) is 5.41 Å². The average Bonchev–Trinajstić information content (AvgIpc) is 3.83. The van der Waals surface area contributed by atoms with Crippen molar-refractivity contribution in [3.63, 3.8) is 0 Å². The van der Waals surface area contributed by atoms with E-state index in [0.717, 1.165) is 0 Å². The molecule has 0 aliphatic rings. The van der Waals surface area contributed by atoms with Gasteiger partial charge in [0.2, 0.25) is 41.4 Å². The summed E-state index contributed by atoms with van der Waals surface area (Å²) in [5.41, 5.74) is 23.2. The van der Waals surface area contributed by atoms with Crippen LogP contribution in [0.2, 0.25) is 0 Å². The quantitative estimate of drug-likeness (QED) is 0.0180. The van der Waals surface area contributed by atoms with E-state index >= 15 is 0 Å². The number of carbonyl (C=O) groups is 9. The third-order valence-corrected chi connectivity index (χ3v) is 10.8. The predicted octanol–water partition coefficient (Wildman–Crippen LogP) is -4.01. The molecule has 1 heterocycles. The topological polar surface area (TPSA) is 467 Å². The third-order valence-electron chi connectivity index (χ3n) is 10.8. The number of aromatic nitrogens is 2. The molecule has 0 fully saturated rings. The minimum Gasteiger partial charge on any atom is -0.508 e. The van der Waals surface area contributed by atoms with E-state index in [1.807, 2.05) is 0 Å². The summed E-state index contributed by atoms with van der Waals surface area (Å²) < 4.78 is 0. The molecule has 0 unspecified atom stereocenters. The summed E-state index contributed by atoms with van der Waals surface area (Å²) in [5.74, 6) is -10.2. The standard InChI is InChI=1S/C44H71N15O12/c1-24(2)36(42(69)58-33(43(70)71)18-25-11-13-27(60)14-12-25)59-41(68)32(20-35(62)63)57-39(66)29(9-4-6-16-46)54-38(65)30(10-7-17-51-44(48)49)55-37(64)28(8-3-5-15-45)56-40(67)31(53-34(61)21-47)19-26-22-50-23-52-26/h11-14,22-24,28-33,36,60H,3-10,15-21,45-47H2,1-2H3,(H,50,52)(H,53,61)(H,54,65)(H,55,64)(H,56,67)(H,57,66)(H,58,69)(H,59,68)(H,62,63)(H,70,71)(H4,48,49,51)/t28-,29-,30-,31-,32-,33-,36-/m0/s1. The number of aromatic hydroxyl groups is 1. The monoisotopic (exact) mass is 1000 g/mol. The first-order valence-electron chi connectivity index (χ1n) is 23.2. The molecule has 0 saturated heterocycles. The first kappa shape index (κ1) is 59.7. The lowest BCUT2D eigenvalue weighted by Gasteiger charge is -2.28. The molecule has 2 rings (SSSR count). The SMILES string of the molecule is CC(C)[C@H](NC(=O)[C@H](CC(=O)O)NC(=O)[C@H](CCCCN)NC(=O)[C@H](CCCNC(=N)N)NC(=O)[C@H](CCCCN)NC(=O)[C@H](Cc1c[nH]cn1)NC(=O)CN)C(=O)N[C@@H](Cc1ccc(O)cc1)C(=O)O. The molecule has 0 aliphatic carbocycles. The van der Waals surface area contributed by atoms with Gasteiger partial charge in [-0.15, -0.1) is 0 Å². The van der Waals surface area contributed by atoms with Crippen molar-refractivity contribution in [2.24, 2.45) is 28.9 Å². The van der Waals surface area contributed by atoms with E-state index in [0.29, 0.717) is 30.5 Å². The highest BCUT2D eigenvalue weighted by Gasteiger charge is 2.35. The molecule has 21 N–H and O–H groups in total. The predicted molar refractivity (Wildman–Crippen MR) is 256 cm³/mol. The maximum Gasteiger partial charge on any atom is 0.326 e. The average molecular weight is 1000 g/mol. The Hall–Kier alpha value is -7.39. The van der Waals surface area contributed by atoms with Crippen molar-refractivity contribution in [1.82, 2.24) is 52.5 Å². The van der Waals surface area contributed by atoms with Crippen molar-refractivity contribution >= 4 is 59.2 Å². The number of nitrogens with one attached hydrogen (secondary N) is 10. The minimum atomic E-state index is -1.83. The van der Waals surface area contributed by atoms with E-state index < -0.39 is 114 Å². The van der Waals surface area contributed by atoms with Gasteiger partial charge in [0.25, 0.3) is 0 Å². The van der Waals surface area contributed by atoms with Gasteiger partial charge in [-0.25, -0.2) is 9.78 Å². The molecule has 27 heteroatoms. The molecule has 7 amide bonds. The highest BCUT2D eigenvalue weighted by atomic mass is 16.4. The van der Waals surface area contributed by atoms with Gasteiger partial charge >= 0.3 is 11.9 Å². The number of benzene rings is 1. The number of phenolic OH excluding ortho intramolecular Hbond substituents is 1. The van der Waals surface area contributed by atoms with Gasteiger partial charge in [0.15, 0.2) is 5.96 Å². The molecule has 394 valence electrons. The number of carbonyl (C=O) groups excluding carboxylic acids is 7. The van der Waals surface area contributed by atoms with E-state index in [-0.39, 0.29) is 76.3 Å². The number of H-pyrrole nitrogens is 1.